The average Bonchev–Trinajstić information content (AvgIpc) is 2.57. The van der Waals surface area contributed by atoms with Gasteiger partial charge in [0.05, 0.1) is 15.8 Å². The number of hydrogen-bond donors (Lipinski definition) is 0. The topological polar surface area (TPSA) is 0 Å². The molecule has 5 heteroatoms. The Kier molecular flexibility index (Phi) is 4.68. The second kappa shape index (κ2) is 6.72. The Balaban J connectivity index is 2.14. The number of rotatable bonds is 4. The van der Waals surface area contributed by atoms with E-state index in [9.17, 15) is 11.7 Å². The highest BCUT2D eigenvalue weighted by Crippen LogP contribution is 2.60. The lowest BCUT2D eigenvalue weighted by molar-refractivity contribution is 0.632. The van der Waals surface area contributed by atoms with Crippen LogP contribution in [-0.4, -0.2) is 0 Å². The molecule has 3 rings (SSSR count). The summed E-state index contributed by atoms with van der Waals surface area (Å²) in [5.74, 6) is 0. The number of benzene rings is 3. The zero-order valence-corrected chi connectivity index (χ0v) is 13.7. The maximum Gasteiger partial charge on any atom is 0.237 e. The van der Waals surface area contributed by atoms with Crippen LogP contribution >= 0.6 is 11.2 Å². The largest absolute Gasteiger partial charge is 0.237 e. The molecule has 0 saturated heterocycles. The van der Waals surface area contributed by atoms with Crippen molar-refractivity contribution in [1.82, 2.24) is 0 Å². The maximum absolute atomic E-state index is 13.1. The van der Waals surface area contributed by atoms with Gasteiger partial charge in [-0.15, -0.1) is 11.7 Å². The molecule has 23 heavy (non-hydrogen) atoms. The minimum Gasteiger partial charge on any atom is -0.120 e. The molecule has 0 aliphatic carbocycles. The molecule has 0 N–H and O–H groups in total. The molecule has 0 aliphatic rings. The lowest BCUT2D eigenvalue weighted by Gasteiger charge is -2.12. The third kappa shape index (κ3) is 3.74. The zero-order chi connectivity index (χ0) is 16.3. The number of hydrogen-bond acceptors (Lipinski definition) is 0. The summed E-state index contributed by atoms with van der Waals surface area (Å²) in [6.07, 6.45) is 0. The van der Waals surface area contributed by atoms with Crippen molar-refractivity contribution in [1.29, 1.82) is 0 Å². The van der Waals surface area contributed by atoms with Crippen molar-refractivity contribution < 1.29 is 11.7 Å². The average molecular weight is 351 g/mol. The van der Waals surface area contributed by atoms with Crippen LogP contribution < -0.4 is 0 Å². The van der Waals surface area contributed by atoms with Crippen LogP contribution in [0, 0.1) is 0 Å². The summed E-state index contributed by atoms with van der Waals surface area (Å²) in [5.41, 5.74) is 0. The van der Waals surface area contributed by atoms with Gasteiger partial charge in [-0.25, -0.2) is 0 Å². The van der Waals surface area contributed by atoms with Crippen LogP contribution in [0.5, 0.6) is 0 Å². The fourth-order valence-corrected chi connectivity index (χ4v) is 4.97. The second-order valence-corrected chi connectivity index (χ2v) is 8.12. The Labute approximate surface area is 138 Å². The standard InChI is InChI=1S/C18H14F3S2/c19-23(20,21)18-13-7-12-17(14-18)22(15-8-3-1-4-9-15)16-10-5-2-6-11-16/h1-14H/q+1. The van der Waals surface area contributed by atoms with Gasteiger partial charge in [-0.05, 0) is 36.4 Å². The van der Waals surface area contributed by atoms with Gasteiger partial charge in [0.1, 0.15) is 0 Å². The lowest BCUT2D eigenvalue weighted by Crippen LogP contribution is -2.04. The first-order valence-electron chi connectivity index (χ1n) is 6.92. The van der Waals surface area contributed by atoms with Gasteiger partial charge >= 0.3 is 0 Å². The van der Waals surface area contributed by atoms with E-state index in [2.05, 4.69) is 0 Å². The highest BCUT2D eigenvalue weighted by molar-refractivity contribution is 8.20. The molecule has 0 aromatic heterocycles. The summed E-state index contributed by atoms with van der Waals surface area (Å²) < 4.78 is 39.4. The van der Waals surface area contributed by atoms with Gasteiger partial charge < -0.3 is 0 Å². The Hall–Kier alpha value is -1.85. The van der Waals surface area contributed by atoms with Crippen LogP contribution in [-0.2, 0) is 10.9 Å². The predicted molar refractivity (Wildman–Crippen MR) is 90.7 cm³/mol. The van der Waals surface area contributed by atoms with E-state index in [0.717, 1.165) is 15.9 Å². The van der Waals surface area contributed by atoms with Crippen LogP contribution in [0.25, 0.3) is 0 Å². The van der Waals surface area contributed by atoms with E-state index in [0.29, 0.717) is 4.90 Å². The fraction of sp³-hybridized carbons (Fsp3) is 0. The molecule has 0 unspecified atom stereocenters. The highest BCUT2D eigenvalue weighted by Gasteiger charge is 2.32. The lowest BCUT2D eigenvalue weighted by atomic mass is 10.4. The van der Waals surface area contributed by atoms with Gasteiger partial charge in [-0.1, -0.05) is 42.5 Å². The first kappa shape index (κ1) is 16.0. The summed E-state index contributed by atoms with van der Waals surface area (Å²) in [7, 11) is -0.546. The van der Waals surface area contributed by atoms with Gasteiger partial charge in [-0.2, -0.15) is 0 Å². The Morgan fingerprint density at radius 2 is 1.04 bits per heavy atom. The van der Waals surface area contributed by atoms with Gasteiger partial charge in [0.15, 0.2) is 14.7 Å². The second-order valence-electron chi connectivity index (χ2n) is 4.81. The van der Waals surface area contributed by atoms with Crippen molar-refractivity contribution >= 4 is 22.1 Å². The molecule has 3 aromatic carbocycles. The third-order valence-corrected chi connectivity index (χ3v) is 6.27. The first-order valence-corrected chi connectivity index (χ1v) is 9.48. The minimum absolute atomic E-state index is 0.528. The van der Waals surface area contributed by atoms with E-state index in [4.69, 9.17) is 0 Å². The summed E-state index contributed by atoms with van der Waals surface area (Å²) in [4.78, 5) is 2.17. The maximum atomic E-state index is 13.1. The molecular weight excluding hydrogens is 337 g/mol. The number of halogens is 3. The molecule has 0 amide bonds. The summed E-state index contributed by atoms with van der Waals surface area (Å²) in [6.45, 7) is 0. The fourth-order valence-electron chi connectivity index (χ4n) is 2.27. The molecule has 0 atom stereocenters. The van der Waals surface area contributed by atoms with Crippen molar-refractivity contribution in [2.45, 2.75) is 19.6 Å². The Bertz CT molecular complexity index is 732. The molecule has 0 heterocycles. The molecule has 0 nitrogen and oxygen atoms in total. The van der Waals surface area contributed by atoms with Crippen LogP contribution in [0.1, 0.15) is 0 Å². The van der Waals surface area contributed by atoms with Gasteiger partial charge in [0, 0.05) is 6.07 Å². The summed E-state index contributed by atoms with van der Waals surface area (Å²) in [6, 6.07) is 25.0. The molecule has 0 spiro atoms. The molecular formula is C18H14F3S2+. The van der Waals surface area contributed by atoms with Crippen molar-refractivity contribution in [3.05, 3.63) is 84.9 Å². The SMILES string of the molecule is FS(F)(F)c1cccc([S+](c2ccccc2)c2ccccc2)c1. The summed E-state index contributed by atoms with van der Waals surface area (Å²) >= 11 is -5.22. The zero-order valence-electron chi connectivity index (χ0n) is 12.0. The normalized spacial score (nSPS) is 12.3. The van der Waals surface area contributed by atoms with Crippen molar-refractivity contribution in [2.75, 3.05) is 0 Å². The van der Waals surface area contributed by atoms with E-state index >= 15 is 0 Å². The van der Waals surface area contributed by atoms with Crippen molar-refractivity contribution in [3.63, 3.8) is 0 Å². The molecule has 3 aromatic rings. The quantitative estimate of drug-likeness (QED) is 0.465. The van der Waals surface area contributed by atoms with Crippen LogP contribution in [0.3, 0.4) is 0 Å². The van der Waals surface area contributed by atoms with Gasteiger partial charge in [0.25, 0.3) is 0 Å². The van der Waals surface area contributed by atoms with E-state index < -0.39 is 27.0 Å². The Morgan fingerprint density at radius 3 is 1.52 bits per heavy atom. The van der Waals surface area contributed by atoms with Crippen LogP contribution in [0.4, 0.5) is 11.7 Å². The monoisotopic (exact) mass is 351 g/mol. The van der Waals surface area contributed by atoms with E-state index in [1.807, 2.05) is 60.7 Å². The first-order chi connectivity index (χ1) is 11.1. The molecule has 0 fully saturated rings. The van der Waals surface area contributed by atoms with E-state index in [1.165, 1.54) is 12.1 Å². The van der Waals surface area contributed by atoms with Crippen molar-refractivity contribution in [2.24, 2.45) is 0 Å². The minimum atomic E-state index is -5.22. The molecule has 0 bridgehead atoms. The molecule has 0 aliphatic heterocycles. The molecule has 0 radical (unpaired) electrons. The van der Waals surface area contributed by atoms with Crippen molar-refractivity contribution in [3.8, 4) is 0 Å². The highest BCUT2D eigenvalue weighted by atomic mass is 32.3. The van der Waals surface area contributed by atoms with E-state index in [-0.39, 0.29) is 0 Å². The van der Waals surface area contributed by atoms with E-state index in [1.54, 1.807) is 6.07 Å². The van der Waals surface area contributed by atoms with Crippen LogP contribution in [0.2, 0.25) is 0 Å². The third-order valence-electron chi connectivity index (χ3n) is 3.27. The summed E-state index contributed by atoms with van der Waals surface area (Å²) in [5, 5.41) is 0. The van der Waals surface area contributed by atoms with Crippen LogP contribution in [0.15, 0.2) is 105 Å². The van der Waals surface area contributed by atoms with Gasteiger partial charge in [-0.3, -0.25) is 0 Å². The Morgan fingerprint density at radius 1 is 0.565 bits per heavy atom. The molecule has 118 valence electrons. The molecule has 0 saturated carbocycles. The van der Waals surface area contributed by atoms with Gasteiger partial charge in [0.2, 0.25) is 11.2 Å². The predicted octanol–water partition coefficient (Wildman–Crippen LogP) is 6.60. The smallest absolute Gasteiger partial charge is 0.120 e.